The van der Waals surface area contributed by atoms with E-state index in [4.69, 9.17) is 4.74 Å². The van der Waals surface area contributed by atoms with Gasteiger partial charge in [-0.25, -0.2) is 9.69 Å². The summed E-state index contributed by atoms with van der Waals surface area (Å²) in [6.07, 6.45) is 28.0. The van der Waals surface area contributed by atoms with Crippen molar-refractivity contribution >= 4 is 12.0 Å². The van der Waals surface area contributed by atoms with E-state index < -0.39 is 6.09 Å². The average Bonchev–Trinajstić information content (AvgIpc) is 3.20. The Morgan fingerprint density at radius 3 is 1.42 bits per heavy atom. The fourth-order valence-electron chi connectivity index (χ4n) is 4.44. The minimum Gasteiger partial charge on any atom is -0.449 e. The van der Waals surface area contributed by atoms with Gasteiger partial charge in [-0.3, -0.25) is 4.79 Å². The van der Waals surface area contributed by atoms with E-state index in [1.807, 2.05) is 0 Å². The number of unbranched alkanes of at least 4 members (excludes halogenated alkanes) is 19. The minimum atomic E-state index is -0.444. The van der Waals surface area contributed by atoms with Crippen LogP contribution in [0.3, 0.4) is 0 Å². The van der Waals surface area contributed by atoms with Gasteiger partial charge in [0.1, 0.15) is 0 Å². The third-order valence-electron chi connectivity index (χ3n) is 6.52. The Bertz CT molecular complexity index is 438. The highest BCUT2D eigenvalue weighted by atomic mass is 16.6. The zero-order valence-electron chi connectivity index (χ0n) is 20.6. The highest BCUT2D eigenvalue weighted by molar-refractivity contribution is 5.93. The number of hydrogen-bond acceptors (Lipinski definition) is 3. The van der Waals surface area contributed by atoms with Crippen molar-refractivity contribution in [1.29, 1.82) is 0 Å². The summed E-state index contributed by atoms with van der Waals surface area (Å²) in [5.74, 6) is -0.0894. The number of amides is 2. The number of carbonyl (C=O) groups is 2. The lowest BCUT2D eigenvalue weighted by atomic mass is 10.0. The highest BCUT2D eigenvalue weighted by Gasteiger charge is 2.27. The van der Waals surface area contributed by atoms with E-state index in [9.17, 15) is 9.59 Å². The summed E-state index contributed by atoms with van der Waals surface area (Å²) in [4.78, 5) is 24.4. The zero-order valence-corrected chi connectivity index (χ0v) is 20.6. The molecule has 1 aliphatic rings. The van der Waals surface area contributed by atoms with Gasteiger partial charge >= 0.3 is 6.09 Å². The van der Waals surface area contributed by atoms with Crippen LogP contribution in [0, 0.1) is 0 Å². The third-order valence-corrected chi connectivity index (χ3v) is 6.52. The lowest BCUT2D eigenvalue weighted by Crippen LogP contribution is -2.32. The maximum Gasteiger partial charge on any atom is 0.416 e. The summed E-state index contributed by atoms with van der Waals surface area (Å²) in [5.41, 5.74) is 0. The van der Waals surface area contributed by atoms with Crippen LogP contribution in [0.1, 0.15) is 148 Å². The molecule has 0 N–H and O–H groups in total. The van der Waals surface area contributed by atoms with Crippen LogP contribution in [-0.4, -0.2) is 30.1 Å². The Hall–Kier alpha value is -1.06. The van der Waals surface area contributed by atoms with Crippen LogP contribution in [-0.2, 0) is 9.53 Å². The van der Waals surface area contributed by atoms with Crippen molar-refractivity contribution in [1.82, 2.24) is 4.90 Å². The fraction of sp³-hybridized carbons (Fsp3) is 0.926. The summed E-state index contributed by atoms with van der Waals surface area (Å²) in [5, 5.41) is 0. The zero-order chi connectivity index (χ0) is 22.4. The van der Waals surface area contributed by atoms with Crippen molar-refractivity contribution in [3.63, 3.8) is 0 Å². The predicted octanol–water partition coefficient (Wildman–Crippen LogP) is 8.57. The van der Waals surface area contributed by atoms with Gasteiger partial charge in [-0.2, -0.15) is 0 Å². The molecule has 1 heterocycles. The van der Waals surface area contributed by atoms with Gasteiger partial charge < -0.3 is 4.74 Å². The first-order valence-corrected chi connectivity index (χ1v) is 13.7. The molecule has 2 amide bonds. The number of hydrogen-bond donors (Lipinski definition) is 0. The van der Waals surface area contributed by atoms with Crippen LogP contribution in [0.2, 0.25) is 0 Å². The molecule has 31 heavy (non-hydrogen) atoms. The molecule has 182 valence electrons. The molecule has 1 fully saturated rings. The predicted molar refractivity (Wildman–Crippen MR) is 130 cm³/mol. The Morgan fingerprint density at radius 2 is 1.06 bits per heavy atom. The van der Waals surface area contributed by atoms with Gasteiger partial charge in [0.2, 0.25) is 5.91 Å². The largest absolute Gasteiger partial charge is 0.449 e. The number of nitrogens with zero attached hydrogens (tertiary/aromatic N) is 1. The van der Waals surface area contributed by atoms with E-state index in [2.05, 4.69) is 6.92 Å². The Morgan fingerprint density at radius 1 is 0.677 bits per heavy atom. The number of imide groups is 1. The third kappa shape index (κ3) is 16.3. The van der Waals surface area contributed by atoms with Crippen molar-refractivity contribution in [2.75, 3.05) is 13.2 Å². The summed E-state index contributed by atoms with van der Waals surface area (Å²) in [7, 11) is 0. The van der Waals surface area contributed by atoms with Gasteiger partial charge in [0.05, 0.1) is 6.61 Å². The Kier molecular flexibility index (Phi) is 18.8. The topological polar surface area (TPSA) is 46.6 Å². The van der Waals surface area contributed by atoms with Gasteiger partial charge in [-0.1, -0.05) is 129 Å². The van der Waals surface area contributed by atoms with Crippen molar-refractivity contribution in [2.24, 2.45) is 0 Å². The van der Waals surface area contributed by atoms with Gasteiger partial charge in [0, 0.05) is 13.0 Å². The SMILES string of the molecule is CCCCCCCCCCCCCCCCCCCCCCOC(=O)N1CCCC1=O. The molecule has 0 spiro atoms. The molecule has 0 atom stereocenters. The minimum absolute atomic E-state index is 0.0894. The van der Waals surface area contributed by atoms with Gasteiger partial charge in [-0.15, -0.1) is 0 Å². The molecule has 0 unspecified atom stereocenters. The standard InChI is InChI=1S/C27H51NO3/c1-2-3-4-5-6-7-8-9-10-11-12-13-14-15-16-17-18-19-20-21-25-31-27(30)28-24-22-23-26(28)29/h2-25H2,1H3. The van der Waals surface area contributed by atoms with Crippen LogP contribution < -0.4 is 0 Å². The first-order valence-electron chi connectivity index (χ1n) is 13.7. The lowest BCUT2D eigenvalue weighted by molar-refractivity contribution is -0.126. The molecule has 0 aromatic carbocycles. The molecular weight excluding hydrogens is 386 g/mol. The first-order chi connectivity index (χ1) is 15.3. The molecule has 0 aromatic rings. The molecule has 0 aliphatic carbocycles. The molecule has 0 bridgehead atoms. The maximum atomic E-state index is 11.7. The van der Waals surface area contributed by atoms with Gasteiger partial charge in [-0.05, 0) is 12.8 Å². The number of likely N-dealkylation sites (tertiary alicyclic amines) is 1. The molecule has 1 rings (SSSR count). The normalized spacial score (nSPS) is 13.8. The quantitative estimate of drug-likeness (QED) is 0.169. The Labute approximate surface area is 192 Å². The molecule has 0 aromatic heterocycles. The van der Waals surface area contributed by atoms with Gasteiger partial charge in [0.15, 0.2) is 0 Å². The summed E-state index contributed by atoms with van der Waals surface area (Å²) < 4.78 is 5.20. The van der Waals surface area contributed by atoms with Crippen LogP contribution in [0.15, 0.2) is 0 Å². The van der Waals surface area contributed by atoms with Crippen molar-refractivity contribution in [2.45, 2.75) is 148 Å². The average molecular weight is 438 g/mol. The smallest absolute Gasteiger partial charge is 0.416 e. The molecule has 0 radical (unpaired) electrons. The van der Waals surface area contributed by atoms with Gasteiger partial charge in [0.25, 0.3) is 0 Å². The first kappa shape index (κ1) is 28.0. The number of ether oxygens (including phenoxy) is 1. The summed E-state index contributed by atoms with van der Waals surface area (Å²) in [6, 6.07) is 0. The fourth-order valence-corrected chi connectivity index (χ4v) is 4.44. The summed E-state index contributed by atoms with van der Waals surface area (Å²) >= 11 is 0. The monoisotopic (exact) mass is 437 g/mol. The Balaban J connectivity index is 1.69. The molecule has 1 aliphatic heterocycles. The number of carbonyl (C=O) groups excluding carboxylic acids is 2. The van der Waals surface area contributed by atoms with E-state index in [0.29, 0.717) is 19.6 Å². The van der Waals surface area contributed by atoms with E-state index in [-0.39, 0.29) is 5.91 Å². The molecule has 0 saturated carbocycles. The molecule has 4 nitrogen and oxygen atoms in total. The van der Waals surface area contributed by atoms with Crippen LogP contribution in [0.4, 0.5) is 4.79 Å². The van der Waals surface area contributed by atoms with E-state index in [1.165, 1.54) is 120 Å². The van der Waals surface area contributed by atoms with E-state index in [1.54, 1.807) is 0 Å². The van der Waals surface area contributed by atoms with Crippen LogP contribution in [0.25, 0.3) is 0 Å². The molecule has 4 heteroatoms. The van der Waals surface area contributed by atoms with Crippen LogP contribution in [0.5, 0.6) is 0 Å². The second-order valence-electron chi connectivity index (χ2n) is 9.48. The summed E-state index contributed by atoms with van der Waals surface area (Å²) in [6.45, 7) is 3.26. The van der Waals surface area contributed by atoms with Crippen molar-refractivity contribution < 1.29 is 14.3 Å². The second-order valence-corrected chi connectivity index (χ2v) is 9.48. The van der Waals surface area contributed by atoms with E-state index >= 15 is 0 Å². The second kappa shape index (κ2) is 20.8. The maximum absolute atomic E-state index is 11.7. The number of rotatable bonds is 21. The van der Waals surface area contributed by atoms with Crippen molar-refractivity contribution in [3.05, 3.63) is 0 Å². The lowest BCUT2D eigenvalue weighted by Gasteiger charge is -2.13. The van der Waals surface area contributed by atoms with E-state index in [0.717, 1.165) is 19.3 Å². The van der Waals surface area contributed by atoms with Crippen molar-refractivity contribution in [3.8, 4) is 0 Å². The van der Waals surface area contributed by atoms with Crippen LogP contribution >= 0.6 is 0 Å². The molecular formula is C27H51NO3. The highest BCUT2D eigenvalue weighted by Crippen LogP contribution is 2.15. The molecule has 1 saturated heterocycles.